The van der Waals surface area contributed by atoms with Gasteiger partial charge in [0, 0.05) is 16.7 Å². The number of aryl methyl sites for hydroxylation is 1. The first-order valence-electron chi connectivity index (χ1n) is 5.88. The van der Waals surface area contributed by atoms with Gasteiger partial charge in [0.25, 0.3) is 0 Å². The van der Waals surface area contributed by atoms with Crippen LogP contribution in [-0.4, -0.2) is 12.1 Å². The highest BCUT2D eigenvalue weighted by molar-refractivity contribution is 6.32. The maximum atomic E-state index is 6.08. The molecule has 0 unspecified atom stereocenters. The summed E-state index contributed by atoms with van der Waals surface area (Å²) in [6.45, 7) is 1.95. The summed E-state index contributed by atoms with van der Waals surface area (Å²) in [5, 5.41) is 0.681. The summed E-state index contributed by atoms with van der Waals surface area (Å²) >= 11 is 6.08. The molecule has 96 valence electrons. The number of nitrogens with zero attached hydrogens (tertiary/aromatic N) is 1. The lowest BCUT2D eigenvalue weighted by Crippen LogP contribution is -1.83. The van der Waals surface area contributed by atoms with Crippen molar-refractivity contribution in [3.63, 3.8) is 0 Å². The lowest BCUT2D eigenvalue weighted by atomic mass is 10.2. The van der Waals surface area contributed by atoms with E-state index in [1.165, 1.54) is 0 Å². The predicted octanol–water partition coefficient (Wildman–Crippen LogP) is 4.47. The van der Waals surface area contributed by atoms with E-state index in [0.717, 1.165) is 22.4 Å². The van der Waals surface area contributed by atoms with Crippen LogP contribution in [0.15, 0.2) is 40.8 Å². The number of methoxy groups -OCH3 is 1. The summed E-state index contributed by atoms with van der Waals surface area (Å²) in [6, 6.07) is 11.3. The first-order valence-corrected chi connectivity index (χ1v) is 6.26. The normalized spacial score (nSPS) is 10.9. The number of aromatic nitrogens is 1. The lowest BCUT2D eigenvalue weighted by molar-refractivity contribution is 0.415. The number of ether oxygens (including phenoxy) is 1. The molecule has 0 aliphatic rings. The molecule has 4 heteroatoms. The van der Waals surface area contributed by atoms with E-state index in [4.69, 9.17) is 20.8 Å². The van der Waals surface area contributed by atoms with Crippen molar-refractivity contribution in [3.8, 4) is 17.2 Å². The van der Waals surface area contributed by atoms with Gasteiger partial charge in [-0.3, -0.25) is 0 Å². The first kappa shape index (κ1) is 12.1. The Labute approximate surface area is 115 Å². The van der Waals surface area contributed by atoms with Gasteiger partial charge in [0.05, 0.1) is 7.11 Å². The van der Waals surface area contributed by atoms with E-state index in [1.54, 1.807) is 13.2 Å². The Morgan fingerprint density at radius 1 is 1.21 bits per heavy atom. The zero-order valence-electron chi connectivity index (χ0n) is 10.6. The molecule has 0 aliphatic heterocycles. The summed E-state index contributed by atoms with van der Waals surface area (Å²) in [6.07, 6.45) is 0. The maximum Gasteiger partial charge on any atom is 0.227 e. The minimum Gasteiger partial charge on any atom is -0.497 e. The Kier molecular flexibility index (Phi) is 2.91. The average Bonchev–Trinajstić information content (AvgIpc) is 2.82. The van der Waals surface area contributed by atoms with Gasteiger partial charge >= 0.3 is 0 Å². The van der Waals surface area contributed by atoms with Gasteiger partial charge in [-0.25, -0.2) is 4.98 Å². The third-order valence-corrected chi connectivity index (χ3v) is 3.39. The summed E-state index contributed by atoms with van der Waals surface area (Å²) in [7, 11) is 1.63. The molecule has 0 bridgehead atoms. The number of rotatable bonds is 2. The molecule has 0 spiro atoms. The van der Waals surface area contributed by atoms with E-state index in [-0.39, 0.29) is 0 Å². The van der Waals surface area contributed by atoms with Gasteiger partial charge in [0.15, 0.2) is 5.58 Å². The van der Waals surface area contributed by atoms with Gasteiger partial charge in [0.2, 0.25) is 5.89 Å². The fourth-order valence-electron chi connectivity index (χ4n) is 1.93. The number of fused-ring (bicyclic) bond motifs is 1. The maximum absolute atomic E-state index is 6.08. The van der Waals surface area contributed by atoms with Crippen LogP contribution in [-0.2, 0) is 0 Å². The van der Waals surface area contributed by atoms with Crippen LogP contribution in [0.4, 0.5) is 0 Å². The highest BCUT2D eigenvalue weighted by atomic mass is 35.5. The van der Waals surface area contributed by atoms with Gasteiger partial charge in [-0.2, -0.15) is 0 Å². The smallest absolute Gasteiger partial charge is 0.227 e. The fourth-order valence-corrected chi connectivity index (χ4v) is 2.09. The number of benzene rings is 2. The second-order valence-electron chi connectivity index (χ2n) is 4.32. The van der Waals surface area contributed by atoms with Gasteiger partial charge < -0.3 is 9.15 Å². The molecule has 3 aromatic rings. The zero-order chi connectivity index (χ0) is 13.4. The molecule has 1 aromatic heterocycles. The molecule has 2 aromatic carbocycles. The molecule has 3 rings (SSSR count). The van der Waals surface area contributed by atoms with Crippen molar-refractivity contribution < 1.29 is 9.15 Å². The van der Waals surface area contributed by atoms with Crippen molar-refractivity contribution in [2.45, 2.75) is 6.92 Å². The Balaban J connectivity index is 2.14. The molecule has 0 aliphatic carbocycles. The number of hydrogen-bond acceptors (Lipinski definition) is 3. The third-order valence-electron chi connectivity index (χ3n) is 2.99. The Morgan fingerprint density at radius 3 is 2.84 bits per heavy atom. The molecule has 1 heterocycles. The standard InChI is InChI=1S/C15H12ClNO2/c1-9-6-13-14(8-12(9)16)19-15(17-13)10-4-3-5-11(7-10)18-2/h3-8H,1-2H3. The van der Waals surface area contributed by atoms with Crippen LogP contribution in [0.5, 0.6) is 5.75 Å². The number of oxazole rings is 1. The van der Waals surface area contributed by atoms with Crippen LogP contribution in [0.1, 0.15) is 5.56 Å². The van der Waals surface area contributed by atoms with Crippen LogP contribution >= 0.6 is 11.6 Å². The summed E-state index contributed by atoms with van der Waals surface area (Å²) < 4.78 is 10.9. The van der Waals surface area contributed by atoms with Crippen molar-refractivity contribution in [1.82, 2.24) is 4.98 Å². The molecular weight excluding hydrogens is 262 g/mol. The highest BCUT2D eigenvalue weighted by Gasteiger charge is 2.10. The van der Waals surface area contributed by atoms with E-state index >= 15 is 0 Å². The number of halogens is 1. The van der Waals surface area contributed by atoms with Gasteiger partial charge in [0.1, 0.15) is 11.3 Å². The van der Waals surface area contributed by atoms with E-state index in [0.29, 0.717) is 16.5 Å². The lowest BCUT2D eigenvalue weighted by Gasteiger charge is -2.00. The minimum absolute atomic E-state index is 0.565. The van der Waals surface area contributed by atoms with Crippen LogP contribution in [0.25, 0.3) is 22.6 Å². The monoisotopic (exact) mass is 273 g/mol. The third kappa shape index (κ3) is 2.17. The van der Waals surface area contributed by atoms with Crippen LogP contribution < -0.4 is 4.74 Å². The van der Waals surface area contributed by atoms with Gasteiger partial charge in [-0.15, -0.1) is 0 Å². The Hall–Kier alpha value is -2.00. The molecular formula is C15H12ClNO2. The molecule has 0 saturated carbocycles. The second-order valence-corrected chi connectivity index (χ2v) is 4.73. The molecule has 0 radical (unpaired) electrons. The molecule has 19 heavy (non-hydrogen) atoms. The largest absolute Gasteiger partial charge is 0.497 e. The van der Waals surface area contributed by atoms with Crippen molar-refractivity contribution in [2.75, 3.05) is 7.11 Å². The SMILES string of the molecule is COc1cccc(-c2nc3cc(C)c(Cl)cc3o2)c1. The second kappa shape index (κ2) is 4.59. The highest BCUT2D eigenvalue weighted by Crippen LogP contribution is 2.29. The summed E-state index contributed by atoms with van der Waals surface area (Å²) in [5.74, 6) is 1.34. The van der Waals surface area contributed by atoms with Gasteiger partial charge in [-0.1, -0.05) is 17.7 Å². The molecule has 0 atom stereocenters. The van der Waals surface area contributed by atoms with E-state index in [2.05, 4.69) is 4.98 Å². The topological polar surface area (TPSA) is 35.3 Å². The Bertz CT molecular complexity index is 710. The molecule has 3 nitrogen and oxygen atoms in total. The van der Waals surface area contributed by atoms with E-state index < -0.39 is 0 Å². The average molecular weight is 274 g/mol. The molecule has 0 saturated heterocycles. The van der Waals surface area contributed by atoms with Crippen molar-refractivity contribution in [1.29, 1.82) is 0 Å². The zero-order valence-corrected chi connectivity index (χ0v) is 11.4. The molecule has 0 N–H and O–H groups in total. The quantitative estimate of drug-likeness (QED) is 0.691. The van der Waals surface area contributed by atoms with E-state index in [1.807, 2.05) is 37.3 Å². The minimum atomic E-state index is 0.565. The van der Waals surface area contributed by atoms with Gasteiger partial charge in [-0.05, 0) is 36.8 Å². The van der Waals surface area contributed by atoms with Crippen LogP contribution in [0.2, 0.25) is 5.02 Å². The van der Waals surface area contributed by atoms with Crippen molar-refractivity contribution in [3.05, 3.63) is 47.0 Å². The first-order chi connectivity index (χ1) is 9.17. The molecule has 0 fully saturated rings. The number of hydrogen-bond donors (Lipinski definition) is 0. The van der Waals surface area contributed by atoms with Crippen molar-refractivity contribution >= 4 is 22.7 Å². The predicted molar refractivity (Wildman–Crippen MR) is 75.7 cm³/mol. The van der Waals surface area contributed by atoms with Crippen LogP contribution in [0, 0.1) is 6.92 Å². The molecule has 0 amide bonds. The Morgan fingerprint density at radius 2 is 2.05 bits per heavy atom. The fraction of sp³-hybridized carbons (Fsp3) is 0.133. The van der Waals surface area contributed by atoms with Crippen molar-refractivity contribution in [2.24, 2.45) is 0 Å². The summed E-state index contributed by atoms with van der Waals surface area (Å²) in [4.78, 5) is 4.48. The van der Waals surface area contributed by atoms with E-state index in [9.17, 15) is 0 Å². The summed E-state index contributed by atoms with van der Waals surface area (Å²) in [5.41, 5.74) is 3.36. The van der Waals surface area contributed by atoms with Crippen LogP contribution in [0.3, 0.4) is 0 Å².